The fourth-order valence-corrected chi connectivity index (χ4v) is 4.80. The molecule has 1 N–H and O–H groups in total. The number of nitro groups is 1. The minimum atomic E-state index is -3.86. The third-order valence-corrected chi connectivity index (χ3v) is 7.09. The molecule has 1 fully saturated rings. The average molecular weight is 453 g/mol. The number of para-hydroxylation sites is 1. The molecule has 30 heavy (non-hydrogen) atoms. The van der Waals surface area contributed by atoms with E-state index in [1.807, 2.05) is 4.90 Å². The van der Waals surface area contributed by atoms with Crippen LogP contribution in [0.2, 0.25) is 5.02 Å². The topological polar surface area (TPSA) is 113 Å². The molecule has 1 amide bonds. The Labute approximate surface area is 179 Å². The number of piperazine rings is 1. The molecule has 0 spiro atoms. The quantitative estimate of drug-likeness (QED) is 0.532. The number of nitro benzene ring substituents is 1. The summed E-state index contributed by atoms with van der Waals surface area (Å²) in [5, 5.41) is 14.3. The van der Waals surface area contributed by atoms with Crippen LogP contribution in [0.1, 0.15) is 5.56 Å². The van der Waals surface area contributed by atoms with E-state index < -0.39 is 14.9 Å². The molecular weight excluding hydrogens is 432 g/mol. The lowest BCUT2D eigenvalue weighted by molar-refractivity contribution is -0.385. The minimum Gasteiger partial charge on any atom is -0.324 e. The van der Waals surface area contributed by atoms with Crippen molar-refractivity contribution < 1.29 is 18.1 Å². The lowest BCUT2D eigenvalue weighted by Gasteiger charge is -2.33. The highest BCUT2D eigenvalue weighted by Crippen LogP contribution is 2.25. The summed E-state index contributed by atoms with van der Waals surface area (Å²) in [5.74, 6) is -0.242. The van der Waals surface area contributed by atoms with Gasteiger partial charge in [0.05, 0.1) is 27.1 Å². The Morgan fingerprint density at radius 3 is 2.47 bits per heavy atom. The molecule has 1 heterocycles. The van der Waals surface area contributed by atoms with Gasteiger partial charge < -0.3 is 5.32 Å². The molecule has 11 heteroatoms. The van der Waals surface area contributed by atoms with Gasteiger partial charge in [0, 0.05) is 37.8 Å². The molecule has 0 unspecified atom stereocenters. The van der Waals surface area contributed by atoms with Gasteiger partial charge in [-0.2, -0.15) is 4.31 Å². The number of sulfonamides is 1. The molecule has 0 aliphatic carbocycles. The van der Waals surface area contributed by atoms with Crippen molar-refractivity contribution in [2.45, 2.75) is 11.8 Å². The fourth-order valence-electron chi connectivity index (χ4n) is 3.18. The van der Waals surface area contributed by atoms with E-state index in [1.54, 1.807) is 31.2 Å². The maximum Gasteiger partial charge on any atom is 0.273 e. The van der Waals surface area contributed by atoms with Crippen LogP contribution >= 0.6 is 11.6 Å². The van der Waals surface area contributed by atoms with E-state index >= 15 is 0 Å². The molecule has 1 aliphatic rings. The first kappa shape index (κ1) is 22.2. The van der Waals surface area contributed by atoms with Gasteiger partial charge in [-0.15, -0.1) is 0 Å². The van der Waals surface area contributed by atoms with Gasteiger partial charge in [-0.25, -0.2) is 8.42 Å². The van der Waals surface area contributed by atoms with E-state index in [0.29, 0.717) is 29.4 Å². The number of carbonyl (C=O) groups excluding carboxylic acids is 1. The number of nitrogens with one attached hydrogen (secondary N) is 1. The van der Waals surface area contributed by atoms with E-state index in [9.17, 15) is 23.3 Å². The van der Waals surface area contributed by atoms with Gasteiger partial charge in [-0.3, -0.25) is 19.8 Å². The normalized spacial score (nSPS) is 15.7. The molecule has 1 aliphatic heterocycles. The Kier molecular flexibility index (Phi) is 6.71. The summed E-state index contributed by atoms with van der Waals surface area (Å²) in [4.78, 5) is 24.5. The van der Waals surface area contributed by atoms with Crippen molar-refractivity contribution in [2.75, 3.05) is 38.0 Å². The van der Waals surface area contributed by atoms with Gasteiger partial charge in [-0.05, 0) is 25.1 Å². The maximum absolute atomic E-state index is 12.9. The Hall–Kier alpha value is -2.53. The van der Waals surface area contributed by atoms with Gasteiger partial charge in [0.1, 0.15) is 0 Å². The van der Waals surface area contributed by atoms with E-state index in [0.717, 1.165) is 6.07 Å². The number of hydrogen-bond acceptors (Lipinski definition) is 6. The molecule has 2 aromatic carbocycles. The first-order valence-corrected chi connectivity index (χ1v) is 11.0. The number of carbonyl (C=O) groups is 1. The number of rotatable bonds is 6. The smallest absolute Gasteiger partial charge is 0.273 e. The van der Waals surface area contributed by atoms with Crippen LogP contribution in [0.25, 0.3) is 0 Å². The minimum absolute atomic E-state index is 0.106. The first-order chi connectivity index (χ1) is 14.2. The second kappa shape index (κ2) is 9.09. The third kappa shape index (κ3) is 4.96. The van der Waals surface area contributed by atoms with Crippen molar-refractivity contribution in [1.29, 1.82) is 0 Å². The summed E-state index contributed by atoms with van der Waals surface area (Å²) in [5.41, 5.74) is 0.686. The average Bonchev–Trinajstić information content (AvgIpc) is 2.70. The molecule has 0 aromatic heterocycles. The Morgan fingerprint density at radius 1 is 1.17 bits per heavy atom. The van der Waals surface area contributed by atoms with Crippen molar-refractivity contribution in [1.82, 2.24) is 9.21 Å². The van der Waals surface area contributed by atoms with E-state index in [4.69, 9.17) is 11.6 Å². The molecule has 160 valence electrons. The van der Waals surface area contributed by atoms with Crippen molar-refractivity contribution in [3.63, 3.8) is 0 Å². The molecule has 1 saturated heterocycles. The number of halogens is 1. The van der Waals surface area contributed by atoms with Gasteiger partial charge in [0.2, 0.25) is 15.9 Å². The van der Waals surface area contributed by atoms with Crippen LogP contribution in [0.4, 0.5) is 11.4 Å². The Bertz CT molecular complexity index is 1070. The lowest BCUT2D eigenvalue weighted by Crippen LogP contribution is -2.50. The van der Waals surface area contributed by atoms with Gasteiger partial charge in [-0.1, -0.05) is 29.8 Å². The van der Waals surface area contributed by atoms with Crippen LogP contribution in [0.3, 0.4) is 0 Å². The molecule has 9 nitrogen and oxygen atoms in total. The van der Waals surface area contributed by atoms with Gasteiger partial charge in [0.25, 0.3) is 5.69 Å². The molecule has 3 rings (SSSR count). The molecular formula is C19H21ClN4O5S. The molecule has 2 aromatic rings. The first-order valence-electron chi connectivity index (χ1n) is 9.20. The monoisotopic (exact) mass is 452 g/mol. The summed E-state index contributed by atoms with van der Waals surface area (Å²) in [7, 11) is -3.86. The molecule has 0 atom stereocenters. The predicted molar refractivity (Wildman–Crippen MR) is 113 cm³/mol. The van der Waals surface area contributed by atoms with Gasteiger partial charge >= 0.3 is 0 Å². The van der Waals surface area contributed by atoms with Crippen LogP contribution < -0.4 is 5.32 Å². The van der Waals surface area contributed by atoms with Crippen molar-refractivity contribution in [2.24, 2.45) is 0 Å². The standard InChI is InChI=1S/C19H21ClN4O5S/c1-14-6-7-15(12-18(14)24(26)27)30(28,29)23-10-8-22(9-11-23)13-19(25)21-17-5-3-2-4-16(17)20/h2-7,12H,8-11,13H2,1H3,(H,21,25). The zero-order valence-corrected chi connectivity index (χ0v) is 17.8. The molecule has 0 radical (unpaired) electrons. The van der Waals surface area contributed by atoms with Crippen LogP contribution in [0.5, 0.6) is 0 Å². The van der Waals surface area contributed by atoms with Crippen LogP contribution in [-0.4, -0.2) is 61.2 Å². The van der Waals surface area contributed by atoms with Crippen molar-refractivity contribution >= 4 is 38.9 Å². The maximum atomic E-state index is 12.9. The fraction of sp³-hybridized carbons (Fsp3) is 0.316. The van der Waals surface area contributed by atoms with Crippen LogP contribution in [0, 0.1) is 17.0 Å². The number of benzene rings is 2. The number of nitrogens with zero attached hydrogens (tertiary/aromatic N) is 3. The summed E-state index contributed by atoms with van der Waals surface area (Å²) in [6.45, 7) is 2.76. The molecule has 0 saturated carbocycles. The number of anilines is 1. The lowest BCUT2D eigenvalue weighted by atomic mass is 10.2. The Balaban J connectivity index is 1.61. The summed E-state index contributed by atoms with van der Waals surface area (Å²) in [6, 6.07) is 10.8. The highest BCUT2D eigenvalue weighted by Gasteiger charge is 2.30. The molecule has 0 bridgehead atoms. The van der Waals surface area contributed by atoms with Crippen molar-refractivity contribution in [3.8, 4) is 0 Å². The largest absolute Gasteiger partial charge is 0.324 e. The zero-order chi connectivity index (χ0) is 21.9. The highest BCUT2D eigenvalue weighted by atomic mass is 35.5. The van der Waals surface area contributed by atoms with Crippen molar-refractivity contribution in [3.05, 3.63) is 63.2 Å². The number of aryl methyl sites for hydroxylation is 1. The van der Waals surface area contributed by atoms with E-state index in [2.05, 4.69) is 5.32 Å². The summed E-state index contributed by atoms with van der Waals surface area (Å²) in [6.07, 6.45) is 0. The second-order valence-corrected chi connectivity index (χ2v) is 9.26. The predicted octanol–water partition coefficient (Wildman–Crippen LogP) is 2.50. The number of hydrogen-bond donors (Lipinski definition) is 1. The van der Waals surface area contributed by atoms with Crippen LogP contribution in [-0.2, 0) is 14.8 Å². The Morgan fingerprint density at radius 2 is 1.83 bits per heavy atom. The summed E-state index contributed by atoms with van der Waals surface area (Å²) >= 11 is 6.04. The van der Waals surface area contributed by atoms with E-state index in [-0.39, 0.29) is 36.1 Å². The number of amides is 1. The SMILES string of the molecule is Cc1ccc(S(=O)(=O)N2CCN(CC(=O)Nc3ccccc3Cl)CC2)cc1[N+](=O)[O-]. The zero-order valence-electron chi connectivity index (χ0n) is 16.2. The third-order valence-electron chi connectivity index (χ3n) is 4.86. The highest BCUT2D eigenvalue weighted by molar-refractivity contribution is 7.89. The van der Waals surface area contributed by atoms with Crippen LogP contribution in [0.15, 0.2) is 47.4 Å². The summed E-state index contributed by atoms with van der Waals surface area (Å²) < 4.78 is 27.0. The van der Waals surface area contributed by atoms with Gasteiger partial charge in [0.15, 0.2) is 0 Å². The second-order valence-electron chi connectivity index (χ2n) is 6.91. The van der Waals surface area contributed by atoms with E-state index in [1.165, 1.54) is 16.4 Å².